The molecule has 1 aliphatic heterocycles. The first-order chi connectivity index (χ1) is 11.3. The lowest BCUT2D eigenvalue weighted by molar-refractivity contribution is 0.266. The van der Waals surface area contributed by atoms with Crippen LogP contribution in [0, 0.1) is 11.8 Å². The summed E-state index contributed by atoms with van der Waals surface area (Å²) in [6.45, 7) is 5.41. The fourth-order valence-corrected chi connectivity index (χ4v) is 3.40. The molecule has 2 unspecified atom stereocenters. The summed E-state index contributed by atoms with van der Waals surface area (Å²) in [6.07, 6.45) is 5.16. The maximum absolute atomic E-state index is 4.51. The van der Waals surface area contributed by atoms with Gasteiger partial charge in [-0.25, -0.2) is 0 Å². The number of pyridine rings is 1. The lowest BCUT2D eigenvalue weighted by Crippen LogP contribution is -2.37. The lowest BCUT2D eigenvalue weighted by atomic mass is 9.92. The zero-order chi connectivity index (χ0) is 15.6. The van der Waals surface area contributed by atoms with Gasteiger partial charge in [-0.1, -0.05) is 30.3 Å². The Morgan fingerprint density at radius 2 is 2.17 bits per heavy atom. The zero-order valence-electron chi connectivity index (χ0n) is 13.3. The Bertz CT molecular complexity index is 810. The second-order valence-electron chi connectivity index (χ2n) is 6.61. The van der Waals surface area contributed by atoms with Gasteiger partial charge in [0.15, 0.2) is 0 Å². The topological polar surface area (TPSA) is 55.6 Å². The zero-order valence-corrected chi connectivity index (χ0v) is 13.3. The van der Waals surface area contributed by atoms with Gasteiger partial charge in [-0.15, -0.1) is 5.10 Å². The van der Waals surface area contributed by atoms with Crippen molar-refractivity contribution in [1.82, 2.24) is 25.3 Å². The minimum absolute atomic E-state index is 0.628. The molecule has 23 heavy (non-hydrogen) atoms. The number of nitrogens with one attached hydrogen (secondary N) is 1. The minimum atomic E-state index is 0.628. The van der Waals surface area contributed by atoms with Crippen molar-refractivity contribution in [1.29, 1.82) is 0 Å². The van der Waals surface area contributed by atoms with Crippen molar-refractivity contribution >= 4 is 10.9 Å². The average molecular weight is 307 g/mol. The summed E-state index contributed by atoms with van der Waals surface area (Å²) in [4.78, 5) is 4.51. The van der Waals surface area contributed by atoms with Crippen LogP contribution < -0.4 is 5.32 Å². The molecule has 1 fully saturated rings. The SMILES string of the molecule is CC1CNCC(Cn2cc(-c3cnc4ccccc4c3)nn2)C1. The Morgan fingerprint density at radius 1 is 1.26 bits per heavy atom. The largest absolute Gasteiger partial charge is 0.316 e. The summed E-state index contributed by atoms with van der Waals surface area (Å²) in [5, 5.41) is 13.3. The van der Waals surface area contributed by atoms with Crippen molar-refractivity contribution in [3.05, 3.63) is 42.7 Å². The third-order valence-corrected chi connectivity index (χ3v) is 4.53. The van der Waals surface area contributed by atoms with Crippen molar-refractivity contribution in [2.45, 2.75) is 19.9 Å². The number of benzene rings is 1. The highest BCUT2D eigenvalue weighted by Gasteiger charge is 2.19. The van der Waals surface area contributed by atoms with E-state index < -0.39 is 0 Å². The van der Waals surface area contributed by atoms with Crippen LogP contribution in [0.1, 0.15) is 13.3 Å². The van der Waals surface area contributed by atoms with Gasteiger partial charge in [-0.2, -0.15) is 0 Å². The van der Waals surface area contributed by atoms with Crippen molar-refractivity contribution in [2.24, 2.45) is 11.8 Å². The van der Waals surface area contributed by atoms with Gasteiger partial charge in [0.2, 0.25) is 0 Å². The Morgan fingerprint density at radius 3 is 3.09 bits per heavy atom. The summed E-state index contributed by atoms with van der Waals surface area (Å²) >= 11 is 0. The molecule has 0 aliphatic carbocycles. The number of piperidine rings is 1. The number of nitrogens with zero attached hydrogens (tertiary/aromatic N) is 4. The highest BCUT2D eigenvalue weighted by molar-refractivity contribution is 5.82. The smallest absolute Gasteiger partial charge is 0.114 e. The first-order valence-electron chi connectivity index (χ1n) is 8.24. The van der Waals surface area contributed by atoms with E-state index in [-0.39, 0.29) is 0 Å². The van der Waals surface area contributed by atoms with E-state index in [9.17, 15) is 0 Å². The fraction of sp³-hybridized carbons (Fsp3) is 0.389. The van der Waals surface area contributed by atoms with Crippen molar-refractivity contribution in [2.75, 3.05) is 13.1 Å². The molecule has 4 rings (SSSR count). The second-order valence-corrected chi connectivity index (χ2v) is 6.61. The Labute approximate surface area is 135 Å². The summed E-state index contributed by atoms with van der Waals surface area (Å²) in [5.41, 5.74) is 2.91. The number of hydrogen-bond donors (Lipinski definition) is 1. The van der Waals surface area contributed by atoms with Crippen LogP contribution in [0.2, 0.25) is 0 Å². The molecule has 3 aromatic rings. The normalized spacial score (nSPS) is 21.6. The highest BCUT2D eigenvalue weighted by atomic mass is 15.4. The molecule has 0 spiro atoms. The second kappa shape index (κ2) is 6.08. The van der Waals surface area contributed by atoms with E-state index in [0.717, 1.165) is 47.7 Å². The molecular formula is C18H21N5. The molecule has 1 N–H and O–H groups in total. The van der Waals surface area contributed by atoms with Crippen LogP contribution in [-0.4, -0.2) is 33.1 Å². The summed E-state index contributed by atoms with van der Waals surface area (Å²) in [6, 6.07) is 10.3. The lowest BCUT2D eigenvalue weighted by Gasteiger charge is -2.27. The Hall–Kier alpha value is -2.27. The number of rotatable bonds is 3. The van der Waals surface area contributed by atoms with Crippen LogP contribution in [0.4, 0.5) is 0 Å². The molecular weight excluding hydrogens is 286 g/mol. The first kappa shape index (κ1) is 14.3. The highest BCUT2D eigenvalue weighted by Crippen LogP contribution is 2.22. The summed E-state index contributed by atoms with van der Waals surface area (Å²) in [5.74, 6) is 1.37. The predicted octanol–water partition coefficient (Wildman–Crippen LogP) is 2.74. The van der Waals surface area contributed by atoms with Crippen LogP contribution in [0.5, 0.6) is 0 Å². The van der Waals surface area contributed by atoms with E-state index in [1.54, 1.807) is 0 Å². The average Bonchev–Trinajstić information content (AvgIpc) is 3.03. The molecule has 0 saturated carbocycles. The van der Waals surface area contributed by atoms with E-state index in [1.165, 1.54) is 6.42 Å². The van der Waals surface area contributed by atoms with E-state index in [2.05, 4.69) is 39.7 Å². The van der Waals surface area contributed by atoms with Crippen LogP contribution in [0.3, 0.4) is 0 Å². The van der Waals surface area contributed by atoms with Gasteiger partial charge in [0.25, 0.3) is 0 Å². The molecule has 5 nitrogen and oxygen atoms in total. The molecule has 118 valence electrons. The van der Waals surface area contributed by atoms with Crippen LogP contribution in [0.15, 0.2) is 42.7 Å². The van der Waals surface area contributed by atoms with Gasteiger partial charge in [0, 0.05) is 23.7 Å². The Kier molecular flexibility index (Phi) is 3.79. The number of aromatic nitrogens is 4. The van der Waals surface area contributed by atoms with E-state index in [4.69, 9.17) is 0 Å². The molecule has 1 aromatic carbocycles. The van der Waals surface area contributed by atoms with Crippen LogP contribution >= 0.6 is 0 Å². The van der Waals surface area contributed by atoms with Crippen LogP contribution in [0.25, 0.3) is 22.2 Å². The molecule has 1 aliphatic rings. The van der Waals surface area contributed by atoms with Gasteiger partial charge in [0.05, 0.1) is 11.7 Å². The van der Waals surface area contributed by atoms with Crippen molar-refractivity contribution in [3.63, 3.8) is 0 Å². The van der Waals surface area contributed by atoms with E-state index in [1.807, 2.05) is 35.3 Å². The fourth-order valence-electron chi connectivity index (χ4n) is 3.40. The summed E-state index contributed by atoms with van der Waals surface area (Å²) < 4.78 is 1.97. The predicted molar refractivity (Wildman–Crippen MR) is 90.9 cm³/mol. The maximum Gasteiger partial charge on any atom is 0.114 e. The minimum Gasteiger partial charge on any atom is -0.316 e. The monoisotopic (exact) mass is 307 g/mol. The number of fused-ring (bicyclic) bond motifs is 1. The van der Waals surface area contributed by atoms with Gasteiger partial charge >= 0.3 is 0 Å². The molecule has 3 heterocycles. The first-order valence-corrected chi connectivity index (χ1v) is 8.24. The maximum atomic E-state index is 4.51. The van der Waals surface area contributed by atoms with E-state index >= 15 is 0 Å². The van der Waals surface area contributed by atoms with Gasteiger partial charge < -0.3 is 5.32 Å². The molecule has 0 amide bonds. The van der Waals surface area contributed by atoms with E-state index in [0.29, 0.717) is 5.92 Å². The van der Waals surface area contributed by atoms with Crippen molar-refractivity contribution in [3.8, 4) is 11.3 Å². The third kappa shape index (κ3) is 3.10. The number of hydrogen-bond acceptors (Lipinski definition) is 4. The molecule has 0 bridgehead atoms. The standard InChI is InChI=1S/C18H21N5/c1-13-6-14(9-19-8-13)11-23-12-18(21-22-23)16-7-15-4-2-3-5-17(15)20-10-16/h2-5,7,10,12-14,19H,6,8-9,11H2,1H3. The molecule has 2 atom stereocenters. The summed E-state index contributed by atoms with van der Waals surface area (Å²) in [7, 11) is 0. The molecule has 1 saturated heterocycles. The Balaban J connectivity index is 1.54. The van der Waals surface area contributed by atoms with Crippen molar-refractivity contribution < 1.29 is 0 Å². The van der Waals surface area contributed by atoms with Gasteiger partial charge in [-0.3, -0.25) is 9.67 Å². The molecule has 0 radical (unpaired) electrons. The quantitative estimate of drug-likeness (QED) is 0.808. The molecule has 5 heteroatoms. The van der Waals surface area contributed by atoms with Crippen LogP contribution in [-0.2, 0) is 6.54 Å². The number of para-hydroxylation sites is 1. The van der Waals surface area contributed by atoms with Gasteiger partial charge in [0.1, 0.15) is 5.69 Å². The molecule has 2 aromatic heterocycles. The third-order valence-electron chi connectivity index (χ3n) is 4.53. The van der Waals surface area contributed by atoms with Gasteiger partial charge in [-0.05, 0) is 43.5 Å².